The minimum atomic E-state index is -0.433. The lowest BCUT2D eigenvalue weighted by Crippen LogP contribution is -2.46. The number of likely N-dealkylation sites (tertiary alicyclic amines) is 1. The van der Waals surface area contributed by atoms with Gasteiger partial charge in [0.25, 0.3) is 5.91 Å². The Morgan fingerprint density at radius 2 is 1.81 bits per heavy atom. The van der Waals surface area contributed by atoms with Gasteiger partial charge in [0, 0.05) is 37.6 Å². The molecule has 1 saturated heterocycles. The second-order valence-electron chi connectivity index (χ2n) is 8.07. The van der Waals surface area contributed by atoms with E-state index in [1.807, 2.05) is 36.4 Å². The third-order valence-electron chi connectivity index (χ3n) is 5.78. The molecule has 1 aliphatic heterocycles. The van der Waals surface area contributed by atoms with Gasteiger partial charge in [0.05, 0.1) is 6.54 Å². The van der Waals surface area contributed by atoms with Crippen LogP contribution in [0.3, 0.4) is 0 Å². The van der Waals surface area contributed by atoms with Crippen LogP contribution in [-0.4, -0.2) is 47.6 Å². The van der Waals surface area contributed by atoms with E-state index < -0.39 is 5.91 Å². The van der Waals surface area contributed by atoms with Crippen molar-refractivity contribution in [2.45, 2.75) is 32.8 Å². The summed E-state index contributed by atoms with van der Waals surface area (Å²) >= 11 is 0. The normalized spacial score (nSPS) is 14.2. The van der Waals surface area contributed by atoms with Crippen molar-refractivity contribution in [3.8, 4) is 17.1 Å². The molecule has 2 heterocycles. The number of ether oxygens (including phenoxy) is 1. The predicted octanol–water partition coefficient (Wildman–Crippen LogP) is 3.76. The van der Waals surface area contributed by atoms with Gasteiger partial charge in [-0.05, 0) is 37.1 Å². The van der Waals surface area contributed by atoms with Crippen molar-refractivity contribution < 1.29 is 18.8 Å². The number of aromatic nitrogens is 1. The summed E-state index contributed by atoms with van der Waals surface area (Å²) in [5, 5.41) is 6.46. The molecule has 0 atom stereocenters. The molecule has 1 aromatic heterocycles. The minimum Gasteiger partial charge on any atom is -0.490 e. The molecule has 4 rings (SSSR count). The number of aryl methyl sites for hydroxylation is 2. The average molecular weight is 434 g/mol. The van der Waals surface area contributed by atoms with Crippen molar-refractivity contribution in [2.75, 3.05) is 19.6 Å². The summed E-state index contributed by atoms with van der Waals surface area (Å²) in [5.41, 5.74) is 3.42. The van der Waals surface area contributed by atoms with Crippen LogP contribution in [0.15, 0.2) is 59.1 Å². The number of rotatable bonds is 6. The Labute approximate surface area is 187 Å². The van der Waals surface area contributed by atoms with Crippen molar-refractivity contribution in [3.63, 3.8) is 0 Å². The van der Waals surface area contributed by atoms with Crippen LogP contribution in [0, 0.1) is 13.8 Å². The fourth-order valence-electron chi connectivity index (χ4n) is 3.68. The lowest BCUT2D eigenvalue weighted by Gasteiger charge is -2.32. The lowest BCUT2D eigenvalue weighted by molar-refractivity contribution is -0.131. The molecule has 7 nitrogen and oxygen atoms in total. The number of benzene rings is 2. The van der Waals surface area contributed by atoms with Gasteiger partial charge in [-0.25, -0.2) is 0 Å². The van der Waals surface area contributed by atoms with E-state index in [-0.39, 0.29) is 24.2 Å². The van der Waals surface area contributed by atoms with E-state index in [9.17, 15) is 9.59 Å². The van der Waals surface area contributed by atoms with E-state index in [1.165, 1.54) is 11.1 Å². The van der Waals surface area contributed by atoms with Gasteiger partial charge in [-0.3, -0.25) is 9.59 Å². The molecular formula is C25H27N3O4. The molecule has 1 fully saturated rings. The highest BCUT2D eigenvalue weighted by Gasteiger charge is 2.24. The van der Waals surface area contributed by atoms with Gasteiger partial charge < -0.3 is 19.5 Å². The summed E-state index contributed by atoms with van der Waals surface area (Å²) in [4.78, 5) is 26.7. The summed E-state index contributed by atoms with van der Waals surface area (Å²) in [7, 11) is 0. The largest absolute Gasteiger partial charge is 0.490 e. The third-order valence-corrected chi connectivity index (χ3v) is 5.78. The first-order valence-corrected chi connectivity index (χ1v) is 10.8. The maximum atomic E-state index is 12.5. The number of hydrogen-bond donors (Lipinski definition) is 1. The molecule has 32 heavy (non-hydrogen) atoms. The summed E-state index contributed by atoms with van der Waals surface area (Å²) < 4.78 is 11.3. The number of amides is 2. The van der Waals surface area contributed by atoms with Gasteiger partial charge in [-0.2, -0.15) is 0 Å². The zero-order chi connectivity index (χ0) is 22.5. The second kappa shape index (κ2) is 9.68. The zero-order valence-corrected chi connectivity index (χ0v) is 18.3. The first-order valence-electron chi connectivity index (χ1n) is 10.8. The quantitative estimate of drug-likeness (QED) is 0.640. The van der Waals surface area contributed by atoms with Crippen LogP contribution in [0.25, 0.3) is 11.3 Å². The maximum Gasteiger partial charge on any atom is 0.273 e. The molecule has 0 radical (unpaired) electrons. The van der Waals surface area contributed by atoms with Crippen LogP contribution in [0.1, 0.15) is 34.5 Å². The highest BCUT2D eigenvalue weighted by molar-refractivity contribution is 5.95. The Morgan fingerprint density at radius 3 is 2.53 bits per heavy atom. The van der Waals surface area contributed by atoms with Crippen molar-refractivity contribution in [1.82, 2.24) is 15.4 Å². The molecule has 3 aromatic rings. The Hall–Kier alpha value is -3.61. The van der Waals surface area contributed by atoms with Crippen LogP contribution in [0.5, 0.6) is 5.75 Å². The molecular weight excluding hydrogens is 406 g/mol. The minimum absolute atomic E-state index is 0.0744. The number of nitrogens with zero attached hydrogens (tertiary/aromatic N) is 2. The van der Waals surface area contributed by atoms with Crippen LogP contribution in [0.4, 0.5) is 0 Å². The number of carbonyl (C=O) groups is 2. The zero-order valence-electron chi connectivity index (χ0n) is 18.3. The van der Waals surface area contributed by atoms with Gasteiger partial charge in [0.2, 0.25) is 5.91 Å². The van der Waals surface area contributed by atoms with E-state index in [2.05, 4.69) is 36.5 Å². The molecule has 1 aliphatic rings. The van der Waals surface area contributed by atoms with Crippen molar-refractivity contribution in [3.05, 3.63) is 71.4 Å². The molecule has 0 unspecified atom stereocenters. The van der Waals surface area contributed by atoms with Crippen LogP contribution >= 0.6 is 0 Å². The van der Waals surface area contributed by atoms with Crippen LogP contribution in [0.2, 0.25) is 0 Å². The monoisotopic (exact) mass is 433 g/mol. The maximum absolute atomic E-state index is 12.5. The van der Waals surface area contributed by atoms with Crippen molar-refractivity contribution in [2.24, 2.45) is 0 Å². The number of hydrogen-bond acceptors (Lipinski definition) is 5. The van der Waals surface area contributed by atoms with Crippen LogP contribution < -0.4 is 10.1 Å². The van der Waals surface area contributed by atoms with E-state index in [0.29, 0.717) is 18.8 Å². The van der Waals surface area contributed by atoms with Gasteiger partial charge in [0.15, 0.2) is 11.5 Å². The third kappa shape index (κ3) is 5.17. The Balaban J connectivity index is 1.23. The molecule has 0 spiro atoms. The second-order valence-corrected chi connectivity index (χ2v) is 8.07. The summed E-state index contributed by atoms with van der Waals surface area (Å²) in [5.74, 6) is 0.826. The highest BCUT2D eigenvalue weighted by atomic mass is 16.5. The predicted molar refractivity (Wildman–Crippen MR) is 120 cm³/mol. The first kappa shape index (κ1) is 21.6. The number of piperidine rings is 1. The Kier molecular flexibility index (Phi) is 6.54. The lowest BCUT2D eigenvalue weighted by atomic mass is 10.1. The summed E-state index contributed by atoms with van der Waals surface area (Å²) in [6, 6.07) is 17.1. The van der Waals surface area contributed by atoms with Crippen molar-refractivity contribution in [1.29, 1.82) is 0 Å². The first-order chi connectivity index (χ1) is 15.5. The molecule has 0 saturated carbocycles. The van der Waals surface area contributed by atoms with Gasteiger partial charge in [0.1, 0.15) is 11.9 Å². The van der Waals surface area contributed by atoms with Crippen molar-refractivity contribution >= 4 is 11.8 Å². The Bertz CT molecular complexity index is 1090. The van der Waals surface area contributed by atoms with E-state index in [1.54, 1.807) is 11.0 Å². The molecule has 0 aliphatic carbocycles. The molecule has 166 valence electrons. The van der Waals surface area contributed by atoms with Gasteiger partial charge >= 0.3 is 0 Å². The molecule has 1 N–H and O–H groups in total. The molecule has 0 bridgehead atoms. The topological polar surface area (TPSA) is 84.7 Å². The molecule has 7 heteroatoms. The fraction of sp³-hybridized carbons (Fsp3) is 0.320. The van der Waals surface area contributed by atoms with Gasteiger partial charge in [-0.1, -0.05) is 41.6 Å². The van der Waals surface area contributed by atoms with E-state index in [0.717, 1.165) is 24.2 Å². The smallest absolute Gasteiger partial charge is 0.273 e. The highest BCUT2D eigenvalue weighted by Crippen LogP contribution is 2.22. The fourth-order valence-corrected chi connectivity index (χ4v) is 3.68. The molecule has 2 aromatic carbocycles. The molecule has 2 amide bonds. The number of carbonyl (C=O) groups excluding carboxylic acids is 2. The van der Waals surface area contributed by atoms with E-state index >= 15 is 0 Å². The Morgan fingerprint density at radius 1 is 1.06 bits per heavy atom. The van der Waals surface area contributed by atoms with Gasteiger partial charge in [-0.15, -0.1) is 0 Å². The number of nitrogens with one attached hydrogen (secondary N) is 1. The standard InChI is InChI=1S/C25H27N3O4/c1-17-8-9-21(14-18(17)2)31-20-10-12-28(13-11-20)24(29)16-26-25(30)22-15-23(32-27-22)19-6-4-3-5-7-19/h3-9,14-15,20H,10-13,16H2,1-2H3,(H,26,30). The average Bonchev–Trinajstić information content (AvgIpc) is 3.31. The summed E-state index contributed by atoms with van der Waals surface area (Å²) in [6.07, 6.45) is 1.61. The van der Waals surface area contributed by atoms with E-state index in [4.69, 9.17) is 9.26 Å². The SMILES string of the molecule is Cc1ccc(OC2CCN(C(=O)CNC(=O)c3cc(-c4ccccc4)on3)CC2)cc1C. The van der Waals surface area contributed by atoms with Crippen LogP contribution in [-0.2, 0) is 4.79 Å². The summed E-state index contributed by atoms with van der Waals surface area (Å²) in [6.45, 7) is 5.28.